The number of hydrogen-bond donors (Lipinski definition) is 1. The average molecular weight is 365 g/mol. The lowest BCUT2D eigenvalue weighted by Gasteiger charge is -2.28. The lowest BCUT2D eigenvalue weighted by atomic mass is 10.2. The molecule has 1 unspecified atom stereocenters. The van der Waals surface area contributed by atoms with Gasteiger partial charge < -0.3 is 9.88 Å². The van der Waals surface area contributed by atoms with E-state index in [0.717, 1.165) is 25.2 Å². The van der Waals surface area contributed by atoms with Crippen LogP contribution in [0.25, 0.3) is 0 Å². The van der Waals surface area contributed by atoms with Crippen LogP contribution in [-0.4, -0.2) is 40.6 Å². The summed E-state index contributed by atoms with van der Waals surface area (Å²) in [5.74, 6) is 1.13. The van der Waals surface area contributed by atoms with Gasteiger partial charge in [-0.25, -0.2) is 12.8 Å². The monoisotopic (exact) mass is 365 g/mol. The first-order chi connectivity index (χ1) is 12.0. The van der Waals surface area contributed by atoms with Gasteiger partial charge in [-0.15, -0.1) is 10.2 Å². The van der Waals surface area contributed by atoms with Gasteiger partial charge in [0, 0.05) is 13.1 Å². The van der Waals surface area contributed by atoms with Crippen molar-refractivity contribution in [2.75, 3.05) is 13.1 Å². The van der Waals surface area contributed by atoms with E-state index < -0.39 is 15.8 Å². The average Bonchev–Trinajstić information content (AvgIpc) is 3.25. The third-order valence-electron chi connectivity index (χ3n) is 4.89. The zero-order valence-electron chi connectivity index (χ0n) is 13.9. The first-order valence-electron chi connectivity index (χ1n) is 8.38. The molecule has 0 spiro atoms. The predicted octanol–water partition coefficient (Wildman–Crippen LogP) is 1.35. The highest BCUT2D eigenvalue weighted by Gasteiger charge is 2.32. The highest BCUT2D eigenvalue weighted by atomic mass is 32.2. The van der Waals surface area contributed by atoms with E-state index in [4.69, 9.17) is 0 Å². The molecule has 4 rings (SSSR count). The fourth-order valence-corrected chi connectivity index (χ4v) is 4.92. The number of nitrogens with zero attached hydrogens (tertiary/aromatic N) is 4. The summed E-state index contributed by atoms with van der Waals surface area (Å²) in [6.45, 7) is 3.58. The Kier molecular flexibility index (Phi) is 4.09. The molecule has 1 aromatic carbocycles. The number of fused-ring (bicyclic) bond motifs is 1. The van der Waals surface area contributed by atoms with Crippen molar-refractivity contribution < 1.29 is 12.8 Å². The van der Waals surface area contributed by atoms with E-state index in [0.29, 0.717) is 24.5 Å². The summed E-state index contributed by atoms with van der Waals surface area (Å²) in [6.07, 6.45) is 2.13. The first kappa shape index (κ1) is 16.6. The number of nitrogens with one attached hydrogen (secondary N) is 1. The Balaban J connectivity index is 1.60. The molecule has 1 aromatic heterocycles. The summed E-state index contributed by atoms with van der Waals surface area (Å²) in [4.78, 5) is 0.108. The number of halogens is 1. The molecule has 1 N–H and O–H groups in total. The Hall–Kier alpha value is -1.84. The van der Waals surface area contributed by atoms with Crippen LogP contribution in [0.15, 0.2) is 23.1 Å². The van der Waals surface area contributed by atoms with E-state index >= 15 is 0 Å². The maximum atomic E-state index is 13.4. The van der Waals surface area contributed by atoms with Crippen molar-refractivity contribution >= 4 is 10.0 Å². The van der Waals surface area contributed by atoms with Crippen LogP contribution in [0.4, 0.5) is 4.39 Å². The maximum absolute atomic E-state index is 13.4. The second-order valence-corrected chi connectivity index (χ2v) is 8.46. The van der Waals surface area contributed by atoms with E-state index in [2.05, 4.69) is 15.5 Å². The van der Waals surface area contributed by atoms with Crippen molar-refractivity contribution in [2.24, 2.45) is 0 Å². The molecule has 0 aliphatic carbocycles. The summed E-state index contributed by atoms with van der Waals surface area (Å²) in [6, 6.07) is 4.07. The van der Waals surface area contributed by atoms with Crippen LogP contribution in [0.3, 0.4) is 0 Å². The Labute approximate surface area is 145 Å². The number of sulfonamides is 1. The lowest BCUT2D eigenvalue weighted by Crippen LogP contribution is -2.39. The Morgan fingerprint density at radius 1 is 1.28 bits per heavy atom. The molecule has 2 aliphatic rings. The van der Waals surface area contributed by atoms with Crippen molar-refractivity contribution in [3.05, 3.63) is 41.2 Å². The fraction of sp³-hybridized carbons (Fsp3) is 0.500. The van der Waals surface area contributed by atoms with Crippen LogP contribution in [-0.2, 0) is 23.1 Å². The zero-order valence-corrected chi connectivity index (χ0v) is 14.8. The number of rotatable bonds is 3. The minimum absolute atomic E-state index is 0.108. The minimum atomic E-state index is -3.68. The molecule has 0 radical (unpaired) electrons. The SMILES string of the molecule is Cc1cc(S(=O)(=O)N2CCn3c(nnc3C3CCCN3)C2)ccc1F. The van der Waals surface area contributed by atoms with Gasteiger partial charge in [0.15, 0.2) is 0 Å². The van der Waals surface area contributed by atoms with Crippen molar-refractivity contribution in [1.82, 2.24) is 24.4 Å². The quantitative estimate of drug-likeness (QED) is 0.888. The summed E-state index contributed by atoms with van der Waals surface area (Å²) in [7, 11) is -3.68. The number of aryl methyl sites for hydroxylation is 1. The van der Waals surface area contributed by atoms with Gasteiger partial charge in [-0.1, -0.05) is 0 Å². The molecule has 0 amide bonds. The summed E-state index contributed by atoms with van der Waals surface area (Å²) >= 11 is 0. The summed E-state index contributed by atoms with van der Waals surface area (Å²) in [5.41, 5.74) is 0.316. The van der Waals surface area contributed by atoms with Crippen LogP contribution in [0.2, 0.25) is 0 Å². The van der Waals surface area contributed by atoms with Gasteiger partial charge >= 0.3 is 0 Å². The Bertz CT molecular complexity index is 905. The second-order valence-electron chi connectivity index (χ2n) is 6.52. The highest BCUT2D eigenvalue weighted by Crippen LogP contribution is 2.27. The van der Waals surface area contributed by atoms with E-state index in [-0.39, 0.29) is 17.5 Å². The second kappa shape index (κ2) is 6.15. The molecule has 7 nitrogen and oxygen atoms in total. The van der Waals surface area contributed by atoms with E-state index in [1.54, 1.807) is 6.92 Å². The number of hydrogen-bond acceptors (Lipinski definition) is 5. The highest BCUT2D eigenvalue weighted by molar-refractivity contribution is 7.89. The predicted molar refractivity (Wildman–Crippen MR) is 88.7 cm³/mol. The van der Waals surface area contributed by atoms with E-state index in [1.165, 1.54) is 22.5 Å². The molecule has 25 heavy (non-hydrogen) atoms. The first-order valence-corrected chi connectivity index (χ1v) is 9.82. The molecule has 0 saturated carbocycles. The molecule has 134 valence electrons. The van der Waals surface area contributed by atoms with Gasteiger partial charge in [-0.3, -0.25) is 0 Å². The van der Waals surface area contributed by atoms with Crippen LogP contribution < -0.4 is 5.32 Å². The van der Waals surface area contributed by atoms with Crippen molar-refractivity contribution in [1.29, 1.82) is 0 Å². The van der Waals surface area contributed by atoms with Gasteiger partial charge in [0.25, 0.3) is 0 Å². The van der Waals surface area contributed by atoms with E-state index in [9.17, 15) is 12.8 Å². The standard InChI is InChI=1S/C16H20FN5O2S/c1-11-9-12(4-5-13(11)17)25(23,24)21-7-8-22-15(10-21)19-20-16(22)14-3-2-6-18-14/h4-5,9,14,18H,2-3,6-8,10H2,1H3. The van der Waals surface area contributed by atoms with Crippen LogP contribution >= 0.6 is 0 Å². The molecular weight excluding hydrogens is 345 g/mol. The molecular formula is C16H20FN5O2S. The maximum Gasteiger partial charge on any atom is 0.243 e. The van der Waals surface area contributed by atoms with Gasteiger partial charge in [-0.2, -0.15) is 4.31 Å². The minimum Gasteiger partial charge on any atom is -0.311 e. The molecule has 2 aromatic rings. The zero-order chi connectivity index (χ0) is 17.6. The summed E-state index contributed by atoms with van der Waals surface area (Å²) < 4.78 is 42.6. The normalized spacial score (nSPS) is 21.4. The van der Waals surface area contributed by atoms with Crippen LogP contribution in [0, 0.1) is 12.7 Å². The Morgan fingerprint density at radius 2 is 2.12 bits per heavy atom. The number of aromatic nitrogens is 3. The van der Waals surface area contributed by atoms with Crippen molar-refractivity contribution in [2.45, 2.75) is 43.8 Å². The number of benzene rings is 1. The van der Waals surface area contributed by atoms with Crippen molar-refractivity contribution in [3.8, 4) is 0 Å². The smallest absolute Gasteiger partial charge is 0.243 e. The summed E-state index contributed by atoms with van der Waals surface area (Å²) in [5, 5.41) is 11.9. The van der Waals surface area contributed by atoms with Crippen LogP contribution in [0.1, 0.15) is 36.1 Å². The molecule has 0 bridgehead atoms. The molecule has 3 heterocycles. The third kappa shape index (κ3) is 2.86. The Morgan fingerprint density at radius 3 is 2.84 bits per heavy atom. The van der Waals surface area contributed by atoms with Gasteiger partial charge in [0.2, 0.25) is 10.0 Å². The van der Waals surface area contributed by atoms with Crippen molar-refractivity contribution in [3.63, 3.8) is 0 Å². The molecule has 9 heteroatoms. The van der Waals surface area contributed by atoms with Gasteiger partial charge in [-0.05, 0) is 50.1 Å². The van der Waals surface area contributed by atoms with Gasteiger partial charge in [0.05, 0.1) is 17.5 Å². The molecule has 1 atom stereocenters. The lowest BCUT2D eigenvalue weighted by molar-refractivity contribution is 0.328. The van der Waals surface area contributed by atoms with Gasteiger partial charge in [0.1, 0.15) is 17.5 Å². The molecule has 1 fully saturated rings. The topological polar surface area (TPSA) is 80.1 Å². The fourth-order valence-electron chi connectivity index (χ4n) is 3.45. The third-order valence-corrected chi connectivity index (χ3v) is 6.73. The van der Waals surface area contributed by atoms with Crippen LogP contribution in [0.5, 0.6) is 0 Å². The molecule has 2 aliphatic heterocycles. The largest absolute Gasteiger partial charge is 0.311 e. The molecule has 1 saturated heterocycles. The van der Waals surface area contributed by atoms with E-state index in [1.807, 2.05) is 4.57 Å².